The van der Waals surface area contributed by atoms with E-state index in [0.29, 0.717) is 22.5 Å². The van der Waals surface area contributed by atoms with Crippen LogP contribution in [-0.4, -0.2) is 39.0 Å². The zero-order valence-corrected chi connectivity index (χ0v) is 20.2. The van der Waals surface area contributed by atoms with Crippen LogP contribution in [0.1, 0.15) is 40.9 Å². The lowest BCUT2D eigenvalue weighted by Gasteiger charge is -2.48. The average Bonchev–Trinajstić information content (AvgIpc) is 3.23. The van der Waals surface area contributed by atoms with Crippen molar-refractivity contribution in [2.24, 2.45) is 5.73 Å². The van der Waals surface area contributed by atoms with Crippen molar-refractivity contribution in [1.29, 1.82) is 0 Å². The summed E-state index contributed by atoms with van der Waals surface area (Å²) in [5, 5.41) is 4.33. The van der Waals surface area contributed by atoms with E-state index in [-0.39, 0.29) is 48.2 Å². The summed E-state index contributed by atoms with van der Waals surface area (Å²) in [6.07, 6.45) is -1.06. The Labute approximate surface area is 215 Å². The number of fused-ring (bicyclic) bond motifs is 1. The molecule has 2 heterocycles. The molecular weight excluding hydrogens is 507 g/mol. The first kappa shape index (κ1) is 24.8. The molecule has 2 aliphatic rings. The van der Waals surface area contributed by atoms with Crippen molar-refractivity contribution >= 4 is 29.1 Å². The minimum Gasteiger partial charge on any atom is -0.365 e. The minimum atomic E-state index is -2.87. The molecule has 1 fully saturated rings. The largest absolute Gasteiger partial charge is 0.365 e. The van der Waals surface area contributed by atoms with Gasteiger partial charge in [-0.25, -0.2) is 18.0 Å². The van der Waals surface area contributed by atoms with Crippen LogP contribution in [0.15, 0.2) is 42.5 Å². The first-order valence-corrected chi connectivity index (χ1v) is 11.9. The molecular formula is C26H21ClF3N5O2. The Morgan fingerprint density at radius 1 is 1.14 bits per heavy atom. The molecule has 2 amide bonds. The van der Waals surface area contributed by atoms with Gasteiger partial charge in [-0.15, -0.1) is 0 Å². The van der Waals surface area contributed by atoms with E-state index in [2.05, 4.69) is 9.94 Å². The number of rotatable bonds is 5. The van der Waals surface area contributed by atoms with Crippen LogP contribution in [0, 0.1) is 12.4 Å². The van der Waals surface area contributed by atoms with Crippen LogP contribution in [0.3, 0.4) is 0 Å². The SMILES string of the molecule is [C-]#[N+]c1ccc(C2(CC(=O)N3CCn4nc(-c5ccc(F)c(Cl)c5)c(C(N)=O)c4C3)CC(F)(F)C2)cc1. The quantitative estimate of drug-likeness (QED) is 0.469. The number of halogens is 4. The highest BCUT2D eigenvalue weighted by Crippen LogP contribution is 2.55. The third-order valence-electron chi connectivity index (χ3n) is 7.06. The second-order valence-corrected chi connectivity index (χ2v) is 9.93. The Balaban J connectivity index is 1.42. The molecule has 0 radical (unpaired) electrons. The van der Waals surface area contributed by atoms with Crippen LogP contribution in [0.5, 0.6) is 0 Å². The second kappa shape index (κ2) is 8.92. The summed E-state index contributed by atoms with van der Waals surface area (Å²) in [6, 6.07) is 10.3. The van der Waals surface area contributed by atoms with Gasteiger partial charge in [0.1, 0.15) is 11.5 Å². The van der Waals surface area contributed by atoms with E-state index in [9.17, 15) is 22.8 Å². The maximum atomic E-state index is 14.0. The van der Waals surface area contributed by atoms with E-state index in [4.69, 9.17) is 23.9 Å². The van der Waals surface area contributed by atoms with Gasteiger partial charge in [0.2, 0.25) is 11.8 Å². The fraction of sp³-hybridized carbons (Fsp3) is 0.308. The zero-order valence-electron chi connectivity index (χ0n) is 19.5. The summed E-state index contributed by atoms with van der Waals surface area (Å²) in [7, 11) is 0. The van der Waals surface area contributed by atoms with Gasteiger partial charge in [-0.05, 0) is 23.8 Å². The van der Waals surface area contributed by atoms with Gasteiger partial charge in [0, 0.05) is 36.8 Å². The molecule has 7 nitrogen and oxygen atoms in total. The fourth-order valence-corrected chi connectivity index (χ4v) is 5.48. The molecule has 3 aromatic rings. The Morgan fingerprint density at radius 2 is 1.84 bits per heavy atom. The highest BCUT2D eigenvalue weighted by Gasteiger charge is 2.58. The Bertz CT molecular complexity index is 1450. The lowest BCUT2D eigenvalue weighted by molar-refractivity contribution is -0.150. The fourth-order valence-electron chi connectivity index (χ4n) is 5.30. The van der Waals surface area contributed by atoms with Gasteiger partial charge in [0.05, 0.1) is 35.9 Å². The molecule has 1 aromatic heterocycles. The highest BCUT2D eigenvalue weighted by molar-refractivity contribution is 6.31. The van der Waals surface area contributed by atoms with E-state index in [1.807, 2.05) is 0 Å². The van der Waals surface area contributed by atoms with Crippen LogP contribution in [0.2, 0.25) is 5.02 Å². The van der Waals surface area contributed by atoms with E-state index in [1.165, 1.54) is 17.0 Å². The number of alkyl halides is 2. The monoisotopic (exact) mass is 527 g/mol. The number of nitrogens with two attached hydrogens (primary N) is 1. The van der Waals surface area contributed by atoms with Crippen molar-refractivity contribution in [2.75, 3.05) is 6.54 Å². The molecule has 0 unspecified atom stereocenters. The smallest absolute Gasteiger partial charge is 0.252 e. The summed E-state index contributed by atoms with van der Waals surface area (Å²) in [5.74, 6) is -4.59. The topological polar surface area (TPSA) is 85.6 Å². The molecule has 2 aromatic carbocycles. The number of hydrogen-bond acceptors (Lipinski definition) is 3. The summed E-state index contributed by atoms with van der Waals surface area (Å²) in [5.41, 5.74) is 6.75. The van der Waals surface area contributed by atoms with Crippen molar-refractivity contribution in [3.8, 4) is 11.3 Å². The van der Waals surface area contributed by atoms with Gasteiger partial charge >= 0.3 is 0 Å². The first-order chi connectivity index (χ1) is 17.5. The molecule has 1 aliphatic heterocycles. The lowest BCUT2D eigenvalue weighted by atomic mass is 9.60. The Hall–Kier alpha value is -3.84. The normalized spacial score (nSPS) is 17.4. The molecule has 1 saturated carbocycles. The predicted octanol–water partition coefficient (Wildman–Crippen LogP) is 5.09. The molecule has 0 saturated heterocycles. The number of primary amides is 1. The van der Waals surface area contributed by atoms with Crippen molar-refractivity contribution in [3.63, 3.8) is 0 Å². The Kier molecular flexibility index (Phi) is 5.99. The lowest BCUT2D eigenvalue weighted by Crippen LogP contribution is -2.52. The van der Waals surface area contributed by atoms with Crippen molar-refractivity contribution in [3.05, 3.63) is 81.5 Å². The minimum absolute atomic E-state index is 0.0160. The molecule has 11 heteroatoms. The molecule has 0 bridgehead atoms. The van der Waals surface area contributed by atoms with E-state index >= 15 is 0 Å². The number of hydrogen-bond donors (Lipinski definition) is 1. The van der Waals surface area contributed by atoms with E-state index < -0.39 is 35.9 Å². The van der Waals surface area contributed by atoms with E-state index in [0.717, 1.165) is 6.07 Å². The Morgan fingerprint density at radius 3 is 2.43 bits per heavy atom. The predicted molar refractivity (Wildman–Crippen MR) is 130 cm³/mol. The third kappa shape index (κ3) is 4.44. The van der Waals surface area contributed by atoms with Crippen molar-refractivity contribution < 1.29 is 22.8 Å². The number of benzene rings is 2. The van der Waals surface area contributed by atoms with Gasteiger partial charge in [-0.3, -0.25) is 14.3 Å². The highest BCUT2D eigenvalue weighted by atomic mass is 35.5. The van der Waals surface area contributed by atoms with Gasteiger partial charge in [0.25, 0.3) is 5.91 Å². The number of carbonyl (C=O) groups excluding carboxylic acids is 2. The molecule has 0 spiro atoms. The van der Waals surface area contributed by atoms with E-state index in [1.54, 1.807) is 28.9 Å². The molecule has 2 N–H and O–H groups in total. The first-order valence-electron chi connectivity index (χ1n) is 11.5. The van der Waals surface area contributed by atoms with Gasteiger partial charge in [-0.2, -0.15) is 5.10 Å². The van der Waals surface area contributed by atoms with Crippen molar-refractivity contribution in [2.45, 2.75) is 43.7 Å². The van der Waals surface area contributed by atoms with Crippen molar-refractivity contribution in [1.82, 2.24) is 14.7 Å². The van der Waals surface area contributed by atoms with Crippen LogP contribution in [0.4, 0.5) is 18.9 Å². The second-order valence-electron chi connectivity index (χ2n) is 9.53. The number of nitrogens with zero attached hydrogens (tertiary/aromatic N) is 4. The van der Waals surface area contributed by atoms with Gasteiger partial charge in [0.15, 0.2) is 5.69 Å². The van der Waals surface area contributed by atoms with Crippen LogP contribution in [-0.2, 0) is 23.3 Å². The average molecular weight is 528 g/mol. The maximum absolute atomic E-state index is 14.0. The number of carbonyl (C=O) groups is 2. The summed E-state index contributed by atoms with van der Waals surface area (Å²) < 4.78 is 43.3. The van der Waals surface area contributed by atoms with Gasteiger partial charge < -0.3 is 10.6 Å². The van der Waals surface area contributed by atoms with Crippen LogP contribution >= 0.6 is 11.6 Å². The standard InChI is InChI=1S/C26H21ClF3N5O2/c1-32-17-5-3-16(4-6-17)25(13-26(29,30)14-25)11-21(36)34-8-9-35-20(12-34)22(24(31)37)23(33-35)15-2-7-19(28)18(27)10-15/h2-7,10H,8-9,11-14H2,(H2,31,37). The zero-order chi connectivity index (χ0) is 26.5. The summed E-state index contributed by atoms with van der Waals surface area (Å²) >= 11 is 5.91. The summed E-state index contributed by atoms with van der Waals surface area (Å²) in [6.45, 7) is 7.64. The molecule has 37 heavy (non-hydrogen) atoms. The molecule has 190 valence electrons. The molecule has 1 aliphatic carbocycles. The molecule has 5 rings (SSSR count). The molecule has 0 atom stereocenters. The third-order valence-corrected chi connectivity index (χ3v) is 7.35. The number of aromatic nitrogens is 2. The maximum Gasteiger partial charge on any atom is 0.252 e. The van der Waals surface area contributed by atoms with Gasteiger partial charge in [-0.1, -0.05) is 35.9 Å². The number of amides is 2. The van der Waals surface area contributed by atoms with Crippen LogP contribution < -0.4 is 5.73 Å². The van der Waals surface area contributed by atoms with Crippen LogP contribution in [0.25, 0.3) is 16.1 Å². The summed E-state index contributed by atoms with van der Waals surface area (Å²) in [4.78, 5) is 30.6.